The molecule has 0 radical (unpaired) electrons. The Hall–Kier alpha value is -3.30. The van der Waals surface area contributed by atoms with Gasteiger partial charge >= 0.3 is 0 Å². The second-order valence-corrected chi connectivity index (χ2v) is 10.7. The summed E-state index contributed by atoms with van der Waals surface area (Å²) in [6.45, 7) is 3.75. The van der Waals surface area contributed by atoms with E-state index >= 15 is 0 Å². The molecule has 1 fully saturated rings. The molecule has 0 aliphatic carbocycles. The molecular formula is C29H31F2N3O3S. The maximum atomic E-state index is 13.7. The monoisotopic (exact) mass is 539 g/mol. The minimum Gasteiger partial charge on any atom is -0.491 e. The lowest BCUT2D eigenvalue weighted by atomic mass is 10.0. The maximum Gasteiger partial charge on any atom is 0.254 e. The lowest BCUT2D eigenvalue weighted by molar-refractivity contribution is -0.135. The number of amides is 2. The number of benzene rings is 2. The maximum absolute atomic E-state index is 13.7. The van der Waals surface area contributed by atoms with Crippen molar-refractivity contribution in [2.75, 3.05) is 45.9 Å². The smallest absolute Gasteiger partial charge is 0.254 e. The van der Waals surface area contributed by atoms with Crippen molar-refractivity contribution in [2.24, 2.45) is 0 Å². The molecule has 0 bridgehead atoms. The molecule has 1 aromatic heterocycles. The molecular weight excluding hydrogens is 508 g/mol. The lowest BCUT2D eigenvalue weighted by Gasteiger charge is -2.37. The summed E-state index contributed by atoms with van der Waals surface area (Å²) in [5.74, 6) is -0.673. The molecule has 38 heavy (non-hydrogen) atoms. The first-order valence-electron chi connectivity index (χ1n) is 13.0. The normalized spacial score (nSPS) is 17.3. The number of fused-ring (bicyclic) bond motifs is 1. The average Bonchev–Trinajstić information content (AvgIpc) is 3.63. The van der Waals surface area contributed by atoms with Crippen LogP contribution in [0.3, 0.4) is 0 Å². The van der Waals surface area contributed by atoms with Crippen LogP contribution in [0.5, 0.6) is 5.75 Å². The topological polar surface area (TPSA) is 53.1 Å². The molecule has 2 aliphatic heterocycles. The zero-order valence-corrected chi connectivity index (χ0v) is 22.0. The lowest BCUT2D eigenvalue weighted by Crippen LogP contribution is -2.49. The first-order valence-corrected chi connectivity index (χ1v) is 13.9. The fourth-order valence-electron chi connectivity index (χ4n) is 5.13. The fraction of sp³-hybridized carbons (Fsp3) is 0.379. The molecule has 6 nitrogen and oxygen atoms in total. The van der Waals surface area contributed by atoms with Gasteiger partial charge in [-0.25, -0.2) is 8.78 Å². The molecule has 0 N–H and O–H groups in total. The second-order valence-electron chi connectivity index (χ2n) is 9.70. The predicted molar refractivity (Wildman–Crippen MR) is 142 cm³/mol. The van der Waals surface area contributed by atoms with Crippen molar-refractivity contribution in [2.45, 2.75) is 25.3 Å². The first-order chi connectivity index (χ1) is 18.5. The second kappa shape index (κ2) is 12.0. The van der Waals surface area contributed by atoms with Crippen LogP contribution in [0.2, 0.25) is 0 Å². The number of hydrogen-bond acceptors (Lipinski definition) is 5. The number of halogens is 2. The van der Waals surface area contributed by atoms with Crippen LogP contribution in [0.25, 0.3) is 0 Å². The average molecular weight is 540 g/mol. The summed E-state index contributed by atoms with van der Waals surface area (Å²) in [5, 5.41) is 2.02. The third kappa shape index (κ3) is 6.22. The number of likely N-dealkylation sites (tertiary alicyclic amines) is 1. The van der Waals surface area contributed by atoms with E-state index in [9.17, 15) is 18.4 Å². The molecule has 2 aromatic carbocycles. The van der Waals surface area contributed by atoms with Gasteiger partial charge in [0.2, 0.25) is 5.91 Å². The summed E-state index contributed by atoms with van der Waals surface area (Å²) in [7, 11) is 0. The summed E-state index contributed by atoms with van der Waals surface area (Å²) < 4.78 is 32.8. The van der Waals surface area contributed by atoms with Crippen molar-refractivity contribution in [3.63, 3.8) is 0 Å². The Labute approximate surface area is 225 Å². The zero-order chi connectivity index (χ0) is 26.5. The van der Waals surface area contributed by atoms with E-state index in [1.165, 1.54) is 41.3 Å². The van der Waals surface area contributed by atoms with Crippen molar-refractivity contribution in [3.8, 4) is 5.75 Å². The molecule has 3 aromatic rings. The van der Waals surface area contributed by atoms with Crippen LogP contribution < -0.4 is 4.74 Å². The Morgan fingerprint density at radius 3 is 2.34 bits per heavy atom. The van der Waals surface area contributed by atoms with E-state index < -0.39 is 5.82 Å². The predicted octanol–water partition coefficient (Wildman–Crippen LogP) is 4.77. The van der Waals surface area contributed by atoms with Gasteiger partial charge in [-0.1, -0.05) is 0 Å². The van der Waals surface area contributed by atoms with Gasteiger partial charge in [0.05, 0.1) is 6.04 Å². The molecule has 5 rings (SSSR count). The molecule has 0 spiro atoms. The van der Waals surface area contributed by atoms with E-state index in [0.29, 0.717) is 30.9 Å². The van der Waals surface area contributed by atoms with Crippen LogP contribution in [-0.4, -0.2) is 72.4 Å². The molecule has 0 unspecified atom stereocenters. The molecule has 2 aliphatic rings. The highest BCUT2D eigenvalue weighted by Gasteiger charge is 2.34. The Balaban J connectivity index is 1.33. The highest BCUT2D eigenvalue weighted by molar-refractivity contribution is 7.10. The number of rotatable bonds is 9. The van der Waals surface area contributed by atoms with Crippen molar-refractivity contribution >= 4 is 23.2 Å². The summed E-state index contributed by atoms with van der Waals surface area (Å²) in [5.41, 5.74) is 1.40. The summed E-state index contributed by atoms with van der Waals surface area (Å²) in [6, 6.07) is 13.0. The van der Waals surface area contributed by atoms with E-state index in [1.54, 1.807) is 33.3 Å². The highest BCUT2D eigenvalue weighted by Crippen LogP contribution is 2.34. The van der Waals surface area contributed by atoms with E-state index in [1.807, 2.05) is 11.4 Å². The van der Waals surface area contributed by atoms with Gasteiger partial charge in [0.1, 0.15) is 30.5 Å². The van der Waals surface area contributed by atoms with Crippen molar-refractivity contribution in [1.82, 2.24) is 14.7 Å². The Morgan fingerprint density at radius 1 is 0.947 bits per heavy atom. The molecule has 2 amide bonds. The van der Waals surface area contributed by atoms with Crippen LogP contribution >= 0.6 is 11.3 Å². The Morgan fingerprint density at radius 2 is 1.63 bits per heavy atom. The van der Waals surface area contributed by atoms with Crippen LogP contribution in [0.1, 0.15) is 39.7 Å². The highest BCUT2D eigenvalue weighted by atomic mass is 32.1. The van der Waals surface area contributed by atoms with Gasteiger partial charge < -0.3 is 19.4 Å². The summed E-state index contributed by atoms with van der Waals surface area (Å²) in [6.07, 6.45) is 3.01. The first kappa shape index (κ1) is 26.3. The van der Waals surface area contributed by atoms with Gasteiger partial charge in [0.25, 0.3) is 5.91 Å². The van der Waals surface area contributed by atoms with Crippen LogP contribution in [0, 0.1) is 11.6 Å². The number of hydrogen-bond donors (Lipinski definition) is 0. The van der Waals surface area contributed by atoms with Gasteiger partial charge in [-0.3, -0.25) is 9.59 Å². The molecule has 3 heterocycles. The third-order valence-corrected chi connectivity index (χ3v) is 8.22. The van der Waals surface area contributed by atoms with Gasteiger partial charge in [0, 0.05) is 30.1 Å². The van der Waals surface area contributed by atoms with Crippen molar-refractivity contribution < 1.29 is 23.1 Å². The number of thiophene rings is 1. The van der Waals surface area contributed by atoms with E-state index in [4.69, 9.17) is 4.74 Å². The van der Waals surface area contributed by atoms with Gasteiger partial charge in [-0.05, 0) is 97.9 Å². The fourth-order valence-corrected chi connectivity index (χ4v) is 6.06. The van der Waals surface area contributed by atoms with Gasteiger partial charge in [-0.2, -0.15) is 0 Å². The molecule has 9 heteroatoms. The van der Waals surface area contributed by atoms with Crippen molar-refractivity contribution in [3.05, 3.63) is 87.6 Å². The van der Waals surface area contributed by atoms with Crippen LogP contribution in [-0.2, 0) is 11.2 Å². The SMILES string of the molecule is O=C(c1ccc(F)cc1)N(CCN1CCCC1)CC(=O)N1CCc2sccc2[C@@H]1COc1ccc(F)cc1. The number of nitrogens with zero attached hydrogens (tertiary/aromatic N) is 3. The number of carbonyl (C=O) groups is 2. The van der Waals surface area contributed by atoms with Crippen LogP contribution in [0.4, 0.5) is 8.78 Å². The Kier molecular flexibility index (Phi) is 8.34. The molecule has 200 valence electrons. The van der Waals surface area contributed by atoms with Crippen molar-refractivity contribution in [1.29, 1.82) is 0 Å². The zero-order valence-electron chi connectivity index (χ0n) is 21.2. The minimum atomic E-state index is -0.412. The quantitative estimate of drug-likeness (QED) is 0.393. The Bertz CT molecular complexity index is 1240. The van der Waals surface area contributed by atoms with Gasteiger partial charge in [-0.15, -0.1) is 11.3 Å². The molecule has 1 saturated heterocycles. The number of ether oxygens (including phenoxy) is 1. The molecule has 1 atom stereocenters. The largest absolute Gasteiger partial charge is 0.491 e. The van der Waals surface area contributed by atoms with E-state index in [2.05, 4.69) is 4.90 Å². The van der Waals surface area contributed by atoms with E-state index in [0.717, 1.165) is 37.9 Å². The summed E-state index contributed by atoms with van der Waals surface area (Å²) >= 11 is 1.66. The standard InChI is InChI=1S/C29H31F2N3O3S/c30-22-5-3-21(4-6-22)29(36)33(17-16-32-13-1-2-14-32)19-28(35)34-15-11-27-25(12-18-38-27)26(34)20-37-24-9-7-23(31)8-10-24/h3-10,12,18,26H,1-2,11,13-17,19-20H2/t26-/m0/s1. The third-order valence-electron chi connectivity index (χ3n) is 7.23. The van der Waals surface area contributed by atoms with E-state index in [-0.39, 0.29) is 36.8 Å². The minimum absolute atomic E-state index is 0.0728. The summed E-state index contributed by atoms with van der Waals surface area (Å²) in [4.78, 5) is 34.1. The van der Waals surface area contributed by atoms with Crippen LogP contribution in [0.15, 0.2) is 60.0 Å². The van der Waals surface area contributed by atoms with Gasteiger partial charge in [0.15, 0.2) is 0 Å². The molecule has 0 saturated carbocycles. The number of carbonyl (C=O) groups excluding carboxylic acids is 2.